The van der Waals surface area contributed by atoms with E-state index in [9.17, 15) is 17.6 Å². The highest BCUT2D eigenvalue weighted by molar-refractivity contribution is 6.03. The molecular formula is C17H12F4. The van der Waals surface area contributed by atoms with Crippen molar-refractivity contribution in [3.63, 3.8) is 0 Å². The molecule has 3 rings (SSSR count). The van der Waals surface area contributed by atoms with E-state index in [0.29, 0.717) is 28.5 Å². The third-order valence-electron chi connectivity index (χ3n) is 3.77. The minimum absolute atomic E-state index is 0.290. The highest BCUT2D eigenvalue weighted by Crippen LogP contribution is 2.47. The number of alkyl halides is 4. The van der Waals surface area contributed by atoms with Crippen LogP contribution in [0.5, 0.6) is 0 Å². The number of hydrogen-bond acceptors (Lipinski definition) is 0. The van der Waals surface area contributed by atoms with Crippen LogP contribution in [0, 0.1) is 0 Å². The van der Waals surface area contributed by atoms with Gasteiger partial charge in [0.15, 0.2) is 0 Å². The van der Waals surface area contributed by atoms with E-state index in [2.05, 4.69) is 0 Å². The predicted molar refractivity (Wildman–Crippen MR) is 76.0 cm³/mol. The molecule has 0 fully saturated rings. The molecule has 0 heterocycles. The first-order valence-corrected chi connectivity index (χ1v) is 6.49. The summed E-state index contributed by atoms with van der Waals surface area (Å²) in [7, 11) is 0. The summed E-state index contributed by atoms with van der Waals surface area (Å²) < 4.78 is 54.3. The molecule has 3 aromatic rings. The quantitative estimate of drug-likeness (QED) is 0.396. The summed E-state index contributed by atoms with van der Waals surface area (Å²) in [6.07, 6.45) is -4.97. The maximum absolute atomic E-state index is 14.7. The Labute approximate surface area is 119 Å². The lowest BCUT2D eigenvalue weighted by molar-refractivity contribution is -0.227. The van der Waals surface area contributed by atoms with Crippen LogP contribution in [0.1, 0.15) is 12.5 Å². The van der Waals surface area contributed by atoms with Gasteiger partial charge in [-0.15, -0.1) is 0 Å². The average molecular weight is 292 g/mol. The lowest BCUT2D eigenvalue weighted by Gasteiger charge is -2.27. The van der Waals surface area contributed by atoms with Gasteiger partial charge in [0, 0.05) is 5.56 Å². The standard InChI is InChI=1S/C17H12F4/c1-16(18,17(19,20)21)15-13-8-4-2-6-11(13)10-12-7-3-5-9-14(12)15/h2-10H,1H3. The molecule has 4 heteroatoms. The maximum Gasteiger partial charge on any atom is 0.426 e. The summed E-state index contributed by atoms with van der Waals surface area (Å²) in [6.45, 7) is 0.585. The highest BCUT2D eigenvalue weighted by Gasteiger charge is 2.54. The Balaban J connectivity index is 2.52. The molecule has 0 bridgehead atoms. The average Bonchev–Trinajstić information content (AvgIpc) is 2.43. The number of benzene rings is 3. The van der Waals surface area contributed by atoms with Crippen molar-refractivity contribution in [2.45, 2.75) is 18.8 Å². The van der Waals surface area contributed by atoms with Crippen LogP contribution in [0.15, 0.2) is 54.6 Å². The number of hydrogen-bond donors (Lipinski definition) is 0. The molecule has 21 heavy (non-hydrogen) atoms. The smallest absolute Gasteiger partial charge is 0.229 e. The van der Waals surface area contributed by atoms with Gasteiger partial charge in [-0.1, -0.05) is 48.5 Å². The van der Waals surface area contributed by atoms with Gasteiger partial charge in [-0.3, -0.25) is 0 Å². The summed E-state index contributed by atoms with van der Waals surface area (Å²) in [6, 6.07) is 14.9. The SMILES string of the molecule is CC(F)(c1c2ccccc2cc2ccccc12)C(F)(F)F. The molecule has 0 saturated carbocycles. The molecule has 0 aliphatic heterocycles. The summed E-state index contributed by atoms with van der Waals surface area (Å²) in [4.78, 5) is 0. The van der Waals surface area contributed by atoms with E-state index in [0.717, 1.165) is 0 Å². The van der Waals surface area contributed by atoms with Crippen LogP contribution in [0.25, 0.3) is 21.5 Å². The second kappa shape index (κ2) is 4.45. The van der Waals surface area contributed by atoms with E-state index in [1.807, 2.05) is 0 Å². The van der Waals surface area contributed by atoms with Gasteiger partial charge in [-0.2, -0.15) is 13.2 Å². The van der Waals surface area contributed by atoms with Crippen LogP contribution in [0.3, 0.4) is 0 Å². The van der Waals surface area contributed by atoms with Crippen molar-refractivity contribution in [1.82, 2.24) is 0 Å². The lowest BCUT2D eigenvalue weighted by atomic mass is 9.87. The van der Waals surface area contributed by atoms with Crippen LogP contribution in [0.2, 0.25) is 0 Å². The van der Waals surface area contributed by atoms with E-state index >= 15 is 0 Å². The van der Waals surface area contributed by atoms with E-state index in [4.69, 9.17) is 0 Å². The second-order valence-electron chi connectivity index (χ2n) is 5.19. The van der Waals surface area contributed by atoms with Crippen LogP contribution in [0.4, 0.5) is 17.6 Å². The molecule has 0 saturated heterocycles. The summed E-state index contributed by atoms with van der Waals surface area (Å²) in [5.74, 6) is 0. The van der Waals surface area contributed by atoms with Crippen LogP contribution < -0.4 is 0 Å². The fourth-order valence-electron chi connectivity index (χ4n) is 2.66. The Morgan fingerprint density at radius 1 is 0.714 bits per heavy atom. The largest absolute Gasteiger partial charge is 0.426 e. The number of fused-ring (bicyclic) bond motifs is 2. The zero-order valence-corrected chi connectivity index (χ0v) is 11.2. The Kier molecular flexibility index (Phi) is 2.94. The fourth-order valence-corrected chi connectivity index (χ4v) is 2.66. The topological polar surface area (TPSA) is 0 Å². The zero-order valence-electron chi connectivity index (χ0n) is 11.2. The fraction of sp³-hybridized carbons (Fsp3) is 0.176. The number of halogens is 4. The van der Waals surface area contributed by atoms with Crippen LogP contribution >= 0.6 is 0 Å². The number of rotatable bonds is 1. The van der Waals surface area contributed by atoms with Crippen molar-refractivity contribution in [2.75, 3.05) is 0 Å². The Bertz CT molecular complexity index is 762. The summed E-state index contributed by atoms with van der Waals surface area (Å²) in [5, 5.41) is 1.77. The maximum atomic E-state index is 14.7. The third-order valence-corrected chi connectivity index (χ3v) is 3.77. The predicted octanol–water partition coefficient (Wildman–Crippen LogP) is 5.74. The normalized spacial score (nSPS) is 15.3. The Hall–Kier alpha value is -2.10. The van der Waals surface area contributed by atoms with Gasteiger partial charge in [-0.05, 0) is 34.5 Å². The van der Waals surface area contributed by atoms with Crippen LogP contribution in [-0.4, -0.2) is 6.18 Å². The summed E-state index contributed by atoms with van der Waals surface area (Å²) in [5.41, 5.74) is -3.73. The minimum atomic E-state index is -4.97. The van der Waals surface area contributed by atoms with Gasteiger partial charge in [0.2, 0.25) is 5.67 Å². The van der Waals surface area contributed by atoms with Gasteiger partial charge < -0.3 is 0 Å². The zero-order chi connectivity index (χ0) is 15.3. The van der Waals surface area contributed by atoms with Crippen molar-refractivity contribution < 1.29 is 17.6 Å². The van der Waals surface area contributed by atoms with Crippen molar-refractivity contribution >= 4 is 21.5 Å². The van der Waals surface area contributed by atoms with E-state index in [-0.39, 0.29) is 5.56 Å². The Morgan fingerprint density at radius 2 is 1.14 bits per heavy atom. The lowest BCUT2D eigenvalue weighted by Crippen LogP contribution is -2.35. The monoisotopic (exact) mass is 292 g/mol. The molecule has 0 aromatic heterocycles. The molecule has 0 amide bonds. The molecule has 1 atom stereocenters. The van der Waals surface area contributed by atoms with Crippen molar-refractivity contribution in [3.05, 3.63) is 60.2 Å². The molecule has 0 spiro atoms. The van der Waals surface area contributed by atoms with E-state index in [1.165, 1.54) is 12.1 Å². The molecule has 0 N–H and O–H groups in total. The molecule has 1 unspecified atom stereocenters. The van der Waals surface area contributed by atoms with Crippen molar-refractivity contribution in [2.24, 2.45) is 0 Å². The summed E-state index contributed by atoms with van der Waals surface area (Å²) >= 11 is 0. The molecule has 0 nitrogen and oxygen atoms in total. The van der Waals surface area contributed by atoms with Gasteiger partial charge in [0.1, 0.15) is 0 Å². The van der Waals surface area contributed by atoms with Gasteiger partial charge in [0.25, 0.3) is 0 Å². The first kappa shape index (κ1) is 13.9. The molecule has 0 aliphatic carbocycles. The van der Waals surface area contributed by atoms with Gasteiger partial charge in [-0.25, -0.2) is 4.39 Å². The first-order valence-electron chi connectivity index (χ1n) is 6.49. The second-order valence-corrected chi connectivity index (χ2v) is 5.19. The Morgan fingerprint density at radius 3 is 1.57 bits per heavy atom. The van der Waals surface area contributed by atoms with Gasteiger partial charge >= 0.3 is 6.18 Å². The molecule has 0 aliphatic rings. The van der Waals surface area contributed by atoms with Crippen LogP contribution in [-0.2, 0) is 5.67 Å². The highest BCUT2D eigenvalue weighted by atomic mass is 19.4. The molecule has 108 valence electrons. The van der Waals surface area contributed by atoms with Gasteiger partial charge in [0.05, 0.1) is 0 Å². The van der Waals surface area contributed by atoms with Crippen molar-refractivity contribution in [1.29, 1.82) is 0 Å². The first-order chi connectivity index (χ1) is 9.82. The van der Waals surface area contributed by atoms with E-state index in [1.54, 1.807) is 42.5 Å². The van der Waals surface area contributed by atoms with E-state index < -0.39 is 11.8 Å². The molecule has 3 aromatic carbocycles. The molecule has 0 radical (unpaired) electrons. The minimum Gasteiger partial charge on any atom is -0.229 e. The molecular weight excluding hydrogens is 280 g/mol. The third kappa shape index (κ3) is 2.06. The van der Waals surface area contributed by atoms with Crippen molar-refractivity contribution in [3.8, 4) is 0 Å².